The lowest BCUT2D eigenvalue weighted by atomic mass is 10.1. The molecule has 0 radical (unpaired) electrons. The van der Waals surface area contributed by atoms with Crippen LogP contribution in [0.5, 0.6) is 0 Å². The smallest absolute Gasteiger partial charge is 0.250 e. The molecule has 0 bridgehead atoms. The van der Waals surface area contributed by atoms with E-state index >= 15 is 0 Å². The molecule has 0 fully saturated rings. The molecule has 1 atom stereocenters. The van der Waals surface area contributed by atoms with E-state index in [1.54, 1.807) is 30.3 Å². The minimum absolute atomic E-state index is 0.0575. The third-order valence-corrected chi connectivity index (χ3v) is 5.47. The Bertz CT molecular complexity index is 1130. The highest BCUT2D eigenvalue weighted by molar-refractivity contribution is 6.04. The molecule has 0 saturated carbocycles. The zero-order chi connectivity index (χ0) is 22.0. The van der Waals surface area contributed by atoms with E-state index in [4.69, 9.17) is 11.4 Å². The highest BCUT2D eigenvalue weighted by atomic mass is 19.1. The molecular formula is C23H23FN6O. The Kier molecular flexibility index (Phi) is 5.67. The average Bonchev–Trinajstić information content (AvgIpc) is 3.22. The predicted molar refractivity (Wildman–Crippen MR) is 116 cm³/mol. The Morgan fingerprint density at radius 3 is 2.65 bits per heavy atom. The lowest BCUT2D eigenvalue weighted by molar-refractivity contribution is -0.119. The number of fused-ring (bicyclic) bond motifs is 1. The van der Waals surface area contributed by atoms with Gasteiger partial charge in [-0.25, -0.2) is 14.4 Å². The Hall–Kier alpha value is -3.73. The quantitative estimate of drug-likeness (QED) is 0.576. The van der Waals surface area contributed by atoms with Crippen molar-refractivity contribution in [3.05, 3.63) is 65.6 Å². The lowest BCUT2D eigenvalue weighted by Crippen LogP contribution is -2.51. The Balaban J connectivity index is 1.44. The molecule has 2 aromatic heterocycles. The number of terminal acetylenes is 1. The minimum Gasteiger partial charge on any atom is -0.345 e. The molecule has 1 aromatic carbocycles. The van der Waals surface area contributed by atoms with Gasteiger partial charge >= 0.3 is 0 Å². The number of carbonyl (C=O) groups excluding carboxylic acids is 1. The van der Waals surface area contributed by atoms with E-state index in [-0.39, 0.29) is 11.7 Å². The Morgan fingerprint density at radius 2 is 1.90 bits per heavy atom. The molecule has 8 heteroatoms. The van der Waals surface area contributed by atoms with Crippen molar-refractivity contribution in [2.45, 2.75) is 31.8 Å². The van der Waals surface area contributed by atoms with E-state index in [0.29, 0.717) is 36.7 Å². The summed E-state index contributed by atoms with van der Waals surface area (Å²) in [5, 5.41) is 4.39. The first-order chi connectivity index (χ1) is 15.0. The van der Waals surface area contributed by atoms with Gasteiger partial charge in [0, 0.05) is 33.1 Å². The van der Waals surface area contributed by atoms with E-state index in [1.165, 1.54) is 12.1 Å². The Morgan fingerprint density at radius 1 is 1.13 bits per heavy atom. The number of hydrogen-bond acceptors (Lipinski definition) is 5. The molecule has 158 valence electrons. The zero-order valence-electron chi connectivity index (χ0n) is 17.5. The number of halogens is 1. The number of rotatable bonds is 6. The largest absolute Gasteiger partial charge is 0.345 e. The third kappa shape index (κ3) is 4.26. The van der Waals surface area contributed by atoms with Gasteiger partial charge in [-0.15, -0.1) is 12.3 Å². The number of amides is 1. The first kappa shape index (κ1) is 20.5. The number of carbonyl (C=O) groups is 1. The molecule has 0 aliphatic carbocycles. The summed E-state index contributed by atoms with van der Waals surface area (Å²) in [6, 6.07) is 5.98. The SMILES string of the molecule is C#CC[C@H]1C(=O)N(C)c2cnc(CCc3cnn(Cc4ccc(F)cc4)c3)nc2N1C. The highest BCUT2D eigenvalue weighted by Gasteiger charge is 2.35. The van der Waals surface area contributed by atoms with Crippen molar-refractivity contribution < 1.29 is 9.18 Å². The monoisotopic (exact) mass is 418 g/mol. The number of hydrogen-bond donors (Lipinski definition) is 0. The van der Waals surface area contributed by atoms with Crippen LogP contribution in [-0.2, 0) is 24.2 Å². The number of benzene rings is 1. The molecule has 31 heavy (non-hydrogen) atoms. The van der Waals surface area contributed by atoms with E-state index < -0.39 is 6.04 Å². The molecule has 3 heterocycles. The van der Waals surface area contributed by atoms with Gasteiger partial charge in [0.15, 0.2) is 5.82 Å². The molecule has 0 N–H and O–H groups in total. The van der Waals surface area contributed by atoms with Crippen LogP contribution in [0.1, 0.15) is 23.4 Å². The summed E-state index contributed by atoms with van der Waals surface area (Å²) < 4.78 is 14.9. The molecule has 1 aliphatic heterocycles. The standard InChI is InChI=1S/C23H23FN6O/c1-4-5-19-23(31)29(3)20-13-25-21(27-22(20)28(19)2)11-8-17-12-26-30(15-17)14-16-6-9-18(24)10-7-16/h1,6-7,9-10,12-13,15,19H,5,8,11,14H2,2-3H3/t19-/m0/s1. The van der Waals surface area contributed by atoms with Gasteiger partial charge < -0.3 is 9.80 Å². The molecule has 0 spiro atoms. The van der Waals surface area contributed by atoms with Gasteiger partial charge in [0.25, 0.3) is 5.91 Å². The molecule has 4 rings (SSSR count). The molecule has 1 aliphatic rings. The molecule has 3 aromatic rings. The van der Waals surface area contributed by atoms with Crippen LogP contribution in [0.15, 0.2) is 42.9 Å². The fourth-order valence-corrected chi connectivity index (χ4v) is 3.66. The number of anilines is 2. The molecule has 0 saturated heterocycles. The van der Waals surface area contributed by atoms with Gasteiger partial charge in [-0.05, 0) is 29.7 Å². The maximum absolute atomic E-state index is 13.1. The molecular weight excluding hydrogens is 395 g/mol. The Labute approximate surface area is 180 Å². The van der Waals surface area contributed by atoms with Crippen LogP contribution in [0.3, 0.4) is 0 Å². The average molecular weight is 418 g/mol. The van der Waals surface area contributed by atoms with Crippen molar-refractivity contribution in [3.8, 4) is 12.3 Å². The summed E-state index contributed by atoms with van der Waals surface area (Å²) in [7, 11) is 3.55. The molecule has 1 amide bonds. The minimum atomic E-state index is -0.421. The molecule has 0 unspecified atom stereocenters. The summed E-state index contributed by atoms with van der Waals surface area (Å²) in [4.78, 5) is 25.1. The van der Waals surface area contributed by atoms with E-state index in [9.17, 15) is 9.18 Å². The summed E-state index contributed by atoms with van der Waals surface area (Å²) in [6.07, 6.45) is 12.6. The number of aromatic nitrogens is 4. The lowest BCUT2D eigenvalue weighted by Gasteiger charge is -2.37. The van der Waals surface area contributed by atoms with Crippen molar-refractivity contribution in [1.29, 1.82) is 0 Å². The summed E-state index contributed by atoms with van der Waals surface area (Å²) in [6.45, 7) is 0.581. The van der Waals surface area contributed by atoms with Crippen LogP contribution >= 0.6 is 0 Å². The summed E-state index contributed by atoms with van der Waals surface area (Å²) >= 11 is 0. The van der Waals surface area contributed by atoms with Crippen LogP contribution < -0.4 is 9.80 Å². The maximum atomic E-state index is 13.1. The van der Waals surface area contributed by atoms with Gasteiger partial charge in [0.05, 0.1) is 18.9 Å². The summed E-state index contributed by atoms with van der Waals surface area (Å²) in [5.74, 6) is 3.67. The second kappa shape index (κ2) is 8.56. The van der Waals surface area contributed by atoms with Crippen molar-refractivity contribution in [2.24, 2.45) is 0 Å². The van der Waals surface area contributed by atoms with Crippen LogP contribution in [0.4, 0.5) is 15.9 Å². The van der Waals surface area contributed by atoms with Crippen molar-refractivity contribution in [3.63, 3.8) is 0 Å². The van der Waals surface area contributed by atoms with Crippen LogP contribution in [0.25, 0.3) is 0 Å². The predicted octanol–water partition coefficient (Wildman–Crippen LogP) is 2.45. The van der Waals surface area contributed by atoms with E-state index in [1.807, 2.05) is 29.0 Å². The second-order valence-corrected chi connectivity index (χ2v) is 7.60. The van der Waals surface area contributed by atoms with Gasteiger partial charge in [-0.3, -0.25) is 9.48 Å². The number of aryl methyl sites for hydroxylation is 2. The molecule has 7 nitrogen and oxygen atoms in total. The highest BCUT2D eigenvalue weighted by Crippen LogP contribution is 2.32. The first-order valence-corrected chi connectivity index (χ1v) is 10.0. The van der Waals surface area contributed by atoms with Crippen LogP contribution in [0.2, 0.25) is 0 Å². The van der Waals surface area contributed by atoms with Gasteiger partial charge in [-0.1, -0.05) is 12.1 Å². The topological polar surface area (TPSA) is 67.2 Å². The maximum Gasteiger partial charge on any atom is 0.250 e. The van der Waals surface area contributed by atoms with Gasteiger partial charge in [-0.2, -0.15) is 5.10 Å². The van der Waals surface area contributed by atoms with Crippen molar-refractivity contribution >= 4 is 17.4 Å². The fourth-order valence-electron chi connectivity index (χ4n) is 3.66. The zero-order valence-corrected chi connectivity index (χ0v) is 17.5. The van der Waals surface area contributed by atoms with Crippen LogP contribution in [0, 0.1) is 18.2 Å². The first-order valence-electron chi connectivity index (χ1n) is 10.0. The van der Waals surface area contributed by atoms with Gasteiger partial charge in [0.1, 0.15) is 23.4 Å². The van der Waals surface area contributed by atoms with Crippen LogP contribution in [-0.4, -0.2) is 45.8 Å². The van der Waals surface area contributed by atoms with E-state index in [2.05, 4.69) is 16.0 Å². The normalized spacial score (nSPS) is 15.7. The number of likely N-dealkylation sites (N-methyl/N-ethyl adjacent to an activating group) is 2. The van der Waals surface area contributed by atoms with Crippen molar-refractivity contribution in [1.82, 2.24) is 19.7 Å². The van der Waals surface area contributed by atoms with Crippen molar-refractivity contribution in [2.75, 3.05) is 23.9 Å². The summed E-state index contributed by atoms with van der Waals surface area (Å²) in [5.41, 5.74) is 2.73. The third-order valence-electron chi connectivity index (χ3n) is 5.47. The van der Waals surface area contributed by atoms with E-state index in [0.717, 1.165) is 17.5 Å². The fraction of sp³-hybridized carbons (Fsp3) is 0.304. The number of nitrogens with zero attached hydrogens (tertiary/aromatic N) is 6. The van der Waals surface area contributed by atoms with Gasteiger partial charge in [0.2, 0.25) is 0 Å². The second-order valence-electron chi connectivity index (χ2n) is 7.60.